The molecule has 3 heterocycles. The largest absolute Gasteiger partial charge is 0.415 e. The van der Waals surface area contributed by atoms with E-state index in [0.29, 0.717) is 42.0 Å². The Balaban J connectivity index is 1.25. The number of benzene rings is 1. The zero-order valence-corrected chi connectivity index (χ0v) is 17.9. The van der Waals surface area contributed by atoms with E-state index in [4.69, 9.17) is 10.2 Å². The quantitative estimate of drug-likeness (QED) is 0.424. The molecule has 1 saturated carbocycles. The highest BCUT2D eigenvalue weighted by Gasteiger charge is 2.40. The van der Waals surface area contributed by atoms with Crippen LogP contribution in [0.25, 0.3) is 22.7 Å². The van der Waals surface area contributed by atoms with Crippen molar-refractivity contribution >= 4 is 11.6 Å². The average molecular weight is 466 g/mol. The summed E-state index contributed by atoms with van der Waals surface area (Å²) in [6.45, 7) is 0.339. The van der Waals surface area contributed by atoms with Gasteiger partial charge in [-0.2, -0.15) is 8.78 Å². The first-order valence-corrected chi connectivity index (χ1v) is 10.6. The number of nitrogens with one attached hydrogen (secondary N) is 1. The third-order valence-corrected chi connectivity index (χ3v) is 5.68. The van der Waals surface area contributed by atoms with Crippen molar-refractivity contribution in [3.63, 3.8) is 0 Å². The molecule has 1 fully saturated rings. The van der Waals surface area contributed by atoms with Gasteiger partial charge in [-0.25, -0.2) is 4.68 Å². The number of amides is 1. The van der Waals surface area contributed by atoms with Crippen LogP contribution in [-0.2, 0) is 11.3 Å². The summed E-state index contributed by atoms with van der Waals surface area (Å²) < 4.78 is 31.8. The van der Waals surface area contributed by atoms with E-state index in [2.05, 4.69) is 30.8 Å². The molecule has 1 aliphatic carbocycles. The first-order valence-electron chi connectivity index (χ1n) is 10.6. The van der Waals surface area contributed by atoms with Gasteiger partial charge in [0.15, 0.2) is 0 Å². The molecule has 0 bridgehead atoms. The van der Waals surface area contributed by atoms with Crippen molar-refractivity contribution in [3.05, 3.63) is 60.4 Å². The summed E-state index contributed by atoms with van der Waals surface area (Å²) in [5, 5.41) is 18.1. The molecule has 1 aliphatic rings. The van der Waals surface area contributed by atoms with Gasteiger partial charge in [-0.1, -0.05) is 17.3 Å². The van der Waals surface area contributed by atoms with Crippen LogP contribution in [0.5, 0.6) is 0 Å². The van der Waals surface area contributed by atoms with E-state index < -0.39 is 17.9 Å². The summed E-state index contributed by atoms with van der Waals surface area (Å²) in [5.74, 6) is -0.939. The van der Waals surface area contributed by atoms with Crippen LogP contribution in [0, 0.1) is 0 Å². The lowest BCUT2D eigenvalue weighted by Crippen LogP contribution is -2.56. The lowest BCUT2D eigenvalue weighted by atomic mass is 9.77. The summed E-state index contributed by atoms with van der Waals surface area (Å²) in [6.07, 6.45) is 2.74. The molecule has 0 aliphatic heterocycles. The van der Waals surface area contributed by atoms with Gasteiger partial charge in [-0.05, 0) is 43.5 Å². The van der Waals surface area contributed by atoms with Gasteiger partial charge in [-0.15, -0.1) is 15.3 Å². The van der Waals surface area contributed by atoms with Crippen molar-refractivity contribution in [1.29, 1.82) is 0 Å². The second kappa shape index (κ2) is 8.71. The van der Waals surface area contributed by atoms with Crippen LogP contribution in [0.2, 0.25) is 0 Å². The number of rotatable bonds is 7. The molecule has 0 saturated heterocycles. The fraction of sp³-hybridized carbons (Fsp3) is 0.273. The summed E-state index contributed by atoms with van der Waals surface area (Å²) >= 11 is 0. The second-order valence-corrected chi connectivity index (χ2v) is 8.13. The number of aromatic nitrogens is 6. The van der Waals surface area contributed by atoms with Crippen LogP contribution in [0.15, 0.2) is 53.2 Å². The standard InChI is InChI=1S/C22H20F2N8O2/c23-18(24)20-30-29-19(34-20)14-5-6-16(26-10-14)11-32-12-17(28-31-32)13-3-1-4-15(9-13)27-21(33)22(25)7-2-8-22/h1,3-6,9-10,12,18H,2,7-8,11,25H2,(H,27,33). The van der Waals surface area contributed by atoms with Crippen LogP contribution in [0.1, 0.15) is 37.3 Å². The number of nitrogens with two attached hydrogens (primary N) is 1. The smallest absolute Gasteiger partial charge is 0.314 e. The van der Waals surface area contributed by atoms with Crippen molar-refractivity contribution in [2.24, 2.45) is 5.73 Å². The van der Waals surface area contributed by atoms with Gasteiger partial charge in [0.05, 0.1) is 29.5 Å². The minimum Gasteiger partial charge on any atom is -0.415 e. The van der Waals surface area contributed by atoms with Gasteiger partial charge in [0.25, 0.3) is 5.89 Å². The van der Waals surface area contributed by atoms with Crippen molar-refractivity contribution in [1.82, 2.24) is 30.2 Å². The molecule has 174 valence electrons. The maximum atomic E-state index is 12.6. The highest BCUT2D eigenvalue weighted by molar-refractivity contribution is 5.99. The Labute approximate surface area is 192 Å². The van der Waals surface area contributed by atoms with E-state index in [9.17, 15) is 13.6 Å². The molecule has 0 radical (unpaired) electrons. The van der Waals surface area contributed by atoms with Gasteiger partial charge in [0.1, 0.15) is 5.69 Å². The zero-order chi connectivity index (χ0) is 23.7. The molecule has 10 nitrogen and oxygen atoms in total. The van der Waals surface area contributed by atoms with Crippen LogP contribution in [-0.4, -0.2) is 41.6 Å². The number of hydrogen-bond donors (Lipinski definition) is 2. The average Bonchev–Trinajstić information content (AvgIpc) is 3.48. The van der Waals surface area contributed by atoms with Crippen molar-refractivity contribution in [3.8, 4) is 22.7 Å². The third kappa shape index (κ3) is 4.39. The topological polar surface area (TPSA) is 138 Å². The van der Waals surface area contributed by atoms with Gasteiger partial charge < -0.3 is 15.5 Å². The number of nitrogens with zero attached hydrogens (tertiary/aromatic N) is 6. The normalized spacial score (nSPS) is 14.7. The molecule has 4 aromatic rings. The lowest BCUT2D eigenvalue weighted by Gasteiger charge is -2.36. The monoisotopic (exact) mass is 466 g/mol. The maximum Gasteiger partial charge on any atom is 0.314 e. The fourth-order valence-corrected chi connectivity index (χ4v) is 3.55. The third-order valence-electron chi connectivity index (χ3n) is 5.68. The van der Waals surface area contributed by atoms with Crippen molar-refractivity contribution < 1.29 is 18.0 Å². The summed E-state index contributed by atoms with van der Waals surface area (Å²) in [6, 6.07) is 10.7. The molecule has 0 atom stereocenters. The highest BCUT2D eigenvalue weighted by Crippen LogP contribution is 2.31. The molecular weight excluding hydrogens is 446 g/mol. The van der Waals surface area contributed by atoms with Gasteiger partial charge in [-0.3, -0.25) is 9.78 Å². The number of hydrogen-bond acceptors (Lipinski definition) is 8. The predicted molar refractivity (Wildman–Crippen MR) is 116 cm³/mol. The summed E-state index contributed by atoms with van der Waals surface area (Å²) in [5.41, 5.74) is 8.47. The zero-order valence-electron chi connectivity index (χ0n) is 17.9. The number of carbonyl (C=O) groups excluding carboxylic acids is 1. The van der Waals surface area contributed by atoms with E-state index in [1.54, 1.807) is 29.1 Å². The highest BCUT2D eigenvalue weighted by atomic mass is 19.3. The van der Waals surface area contributed by atoms with E-state index >= 15 is 0 Å². The fourth-order valence-electron chi connectivity index (χ4n) is 3.55. The van der Waals surface area contributed by atoms with E-state index in [-0.39, 0.29) is 11.8 Å². The molecular formula is C22H20F2N8O2. The molecule has 3 aromatic heterocycles. The number of pyridine rings is 1. The van der Waals surface area contributed by atoms with Crippen molar-refractivity contribution in [2.45, 2.75) is 37.8 Å². The Morgan fingerprint density at radius 3 is 2.71 bits per heavy atom. The van der Waals surface area contributed by atoms with Gasteiger partial charge >= 0.3 is 6.43 Å². The molecule has 5 rings (SSSR count). The molecule has 0 spiro atoms. The number of halogens is 2. The number of anilines is 1. The first kappa shape index (κ1) is 21.8. The predicted octanol–water partition coefficient (Wildman–Crippen LogP) is 3.20. The van der Waals surface area contributed by atoms with Crippen LogP contribution >= 0.6 is 0 Å². The molecule has 34 heavy (non-hydrogen) atoms. The minimum atomic E-state index is -2.83. The van der Waals surface area contributed by atoms with E-state index in [0.717, 1.165) is 12.0 Å². The first-order chi connectivity index (χ1) is 16.4. The Morgan fingerprint density at radius 2 is 2.03 bits per heavy atom. The lowest BCUT2D eigenvalue weighted by molar-refractivity contribution is -0.123. The number of carbonyl (C=O) groups is 1. The Bertz CT molecular complexity index is 1310. The Kier molecular flexibility index (Phi) is 5.57. The SMILES string of the molecule is NC1(C(=O)Nc2cccc(-c3cn(Cc4ccc(-c5nnc(C(F)F)o5)cn4)nn3)c2)CCC1. The van der Waals surface area contributed by atoms with Crippen LogP contribution in [0.4, 0.5) is 14.5 Å². The Hall–Kier alpha value is -4.06. The molecule has 3 N–H and O–H groups in total. The van der Waals surface area contributed by atoms with Gasteiger partial charge in [0, 0.05) is 17.4 Å². The minimum absolute atomic E-state index is 0.0257. The maximum absolute atomic E-state index is 12.6. The molecule has 0 unspecified atom stereocenters. The van der Waals surface area contributed by atoms with E-state index in [1.807, 2.05) is 18.2 Å². The molecule has 1 amide bonds. The summed E-state index contributed by atoms with van der Waals surface area (Å²) in [7, 11) is 0. The second-order valence-electron chi connectivity index (χ2n) is 8.13. The van der Waals surface area contributed by atoms with E-state index in [1.165, 1.54) is 6.20 Å². The van der Waals surface area contributed by atoms with Gasteiger partial charge in [0.2, 0.25) is 11.8 Å². The molecule has 1 aromatic carbocycles. The van der Waals surface area contributed by atoms with Crippen molar-refractivity contribution in [2.75, 3.05) is 5.32 Å². The van der Waals surface area contributed by atoms with Crippen LogP contribution in [0.3, 0.4) is 0 Å². The number of alkyl halides is 2. The van der Waals surface area contributed by atoms with Crippen LogP contribution < -0.4 is 11.1 Å². The Morgan fingerprint density at radius 1 is 1.18 bits per heavy atom. The summed E-state index contributed by atoms with van der Waals surface area (Å²) in [4.78, 5) is 16.7. The molecule has 12 heteroatoms.